The van der Waals surface area contributed by atoms with Crippen LogP contribution in [0.15, 0.2) is 47.5 Å². The van der Waals surface area contributed by atoms with Crippen molar-refractivity contribution in [2.24, 2.45) is 0 Å². The van der Waals surface area contributed by atoms with Crippen molar-refractivity contribution in [2.45, 2.75) is 88.5 Å². The first-order valence-electron chi connectivity index (χ1n) is 14.9. The molecule has 0 radical (unpaired) electrons. The minimum atomic E-state index is -3.54. The molecule has 1 aliphatic rings. The van der Waals surface area contributed by atoms with Crippen molar-refractivity contribution in [1.82, 2.24) is 14.9 Å². The second-order valence-corrected chi connectivity index (χ2v) is 14.7. The lowest BCUT2D eigenvalue weighted by Gasteiger charge is -2.35. The summed E-state index contributed by atoms with van der Waals surface area (Å²) < 4.78 is 32.2. The number of hydrogen-bond acceptors (Lipinski definition) is 9. The van der Waals surface area contributed by atoms with Gasteiger partial charge in [-0.25, -0.2) is 13.4 Å². The number of aliphatic hydroxyl groups is 1. The Morgan fingerprint density at radius 1 is 1.07 bits per heavy atom. The number of para-hydroxylation sites is 1. The summed E-state index contributed by atoms with van der Waals surface area (Å²) in [5, 5.41) is 15.4. The number of rotatable bonds is 12. The molecule has 11 heteroatoms. The van der Waals surface area contributed by atoms with Gasteiger partial charge in [0.15, 0.2) is 15.7 Å². The second kappa shape index (κ2) is 14.2. The van der Waals surface area contributed by atoms with Gasteiger partial charge in [0.1, 0.15) is 10.8 Å². The molecule has 0 bridgehead atoms. The van der Waals surface area contributed by atoms with Crippen LogP contribution >= 0.6 is 11.6 Å². The molecule has 0 spiro atoms. The van der Waals surface area contributed by atoms with Gasteiger partial charge >= 0.3 is 0 Å². The lowest BCUT2D eigenvalue weighted by atomic mass is 9.79. The zero-order valence-corrected chi connectivity index (χ0v) is 27.5. The number of nitrogens with zero attached hydrogens (tertiary/aromatic N) is 3. The van der Waals surface area contributed by atoms with E-state index in [2.05, 4.69) is 51.6 Å². The third-order valence-corrected chi connectivity index (χ3v) is 10.5. The average molecular weight is 630 g/mol. The summed E-state index contributed by atoms with van der Waals surface area (Å²) in [6.07, 6.45) is 5.79. The van der Waals surface area contributed by atoms with Crippen LogP contribution in [0.5, 0.6) is 5.75 Å². The number of likely N-dealkylation sites (N-methyl/N-ethyl adjacent to an activating group) is 1. The highest BCUT2D eigenvalue weighted by Gasteiger charge is 2.27. The molecular weight excluding hydrogens is 586 g/mol. The van der Waals surface area contributed by atoms with Crippen LogP contribution in [0.2, 0.25) is 5.02 Å². The van der Waals surface area contributed by atoms with E-state index in [4.69, 9.17) is 16.3 Å². The molecule has 1 aliphatic carbocycles. The first-order chi connectivity index (χ1) is 20.4. The monoisotopic (exact) mass is 629 g/mol. The number of hydrogen-bond donors (Lipinski definition) is 3. The summed E-state index contributed by atoms with van der Waals surface area (Å²) in [4.78, 5) is 11.4. The van der Waals surface area contributed by atoms with Gasteiger partial charge in [-0.15, -0.1) is 0 Å². The standard InChI is InChI=1S/C32H44ClN5O4S/c1-20(2)42-29-18-25(23-11-13-24(14-12-23)38(6)15-16-39)22(5)17-28(29)36-32-34-19-26(33)31(37-32)35-27-9-7-8-10-30(27)43(40,41)21(3)4/h7-10,17-21,23-24,39H,11-16H2,1-6H3,(H2,34,35,36,37)/t23-,24-. The molecule has 4 rings (SSSR count). The Morgan fingerprint density at radius 2 is 1.77 bits per heavy atom. The van der Waals surface area contributed by atoms with Gasteiger partial charge in [-0.3, -0.25) is 0 Å². The van der Waals surface area contributed by atoms with Gasteiger partial charge in [0.05, 0.1) is 40.4 Å². The van der Waals surface area contributed by atoms with Crippen LogP contribution in [0.25, 0.3) is 0 Å². The van der Waals surface area contributed by atoms with E-state index in [0.29, 0.717) is 30.1 Å². The Morgan fingerprint density at radius 3 is 2.42 bits per heavy atom. The van der Waals surface area contributed by atoms with Gasteiger partial charge in [-0.05, 0) is 109 Å². The highest BCUT2D eigenvalue weighted by atomic mass is 35.5. The molecule has 3 N–H and O–H groups in total. The van der Waals surface area contributed by atoms with Gasteiger partial charge < -0.3 is 25.4 Å². The van der Waals surface area contributed by atoms with E-state index in [1.165, 1.54) is 11.8 Å². The fourth-order valence-electron chi connectivity index (χ4n) is 5.60. The number of anilines is 4. The minimum absolute atomic E-state index is 0.0401. The summed E-state index contributed by atoms with van der Waals surface area (Å²) in [6, 6.07) is 11.4. The maximum absolute atomic E-state index is 13.0. The van der Waals surface area contributed by atoms with Gasteiger partial charge in [0, 0.05) is 12.6 Å². The fraction of sp³-hybridized carbons (Fsp3) is 0.500. The zero-order valence-electron chi connectivity index (χ0n) is 25.9. The highest BCUT2D eigenvalue weighted by molar-refractivity contribution is 7.92. The predicted molar refractivity (Wildman–Crippen MR) is 174 cm³/mol. The Bertz CT molecular complexity index is 1510. The predicted octanol–water partition coefficient (Wildman–Crippen LogP) is 6.85. The van der Waals surface area contributed by atoms with Gasteiger partial charge in [-0.1, -0.05) is 23.7 Å². The van der Waals surface area contributed by atoms with Crippen LogP contribution in [-0.4, -0.2) is 66.0 Å². The van der Waals surface area contributed by atoms with E-state index in [0.717, 1.165) is 42.7 Å². The van der Waals surface area contributed by atoms with Crippen LogP contribution in [-0.2, 0) is 9.84 Å². The van der Waals surface area contributed by atoms with Crippen molar-refractivity contribution in [2.75, 3.05) is 30.8 Å². The van der Waals surface area contributed by atoms with Gasteiger partial charge in [-0.2, -0.15) is 4.98 Å². The summed E-state index contributed by atoms with van der Waals surface area (Å²) in [5.41, 5.74) is 3.57. The molecule has 1 saturated carbocycles. The van der Waals surface area contributed by atoms with E-state index in [9.17, 15) is 13.5 Å². The molecule has 9 nitrogen and oxygen atoms in total. The van der Waals surface area contributed by atoms with Crippen molar-refractivity contribution in [3.05, 3.63) is 58.7 Å². The number of sulfone groups is 1. The minimum Gasteiger partial charge on any atom is -0.489 e. The van der Waals surface area contributed by atoms with Crippen LogP contribution < -0.4 is 15.4 Å². The molecule has 0 atom stereocenters. The summed E-state index contributed by atoms with van der Waals surface area (Å²) in [5.74, 6) is 1.74. The van der Waals surface area contributed by atoms with Crippen molar-refractivity contribution in [3.8, 4) is 5.75 Å². The van der Waals surface area contributed by atoms with E-state index < -0.39 is 15.1 Å². The molecule has 0 unspecified atom stereocenters. The molecule has 234 valence electrons. The second-order valence-electron chi connectivity index (χ2n) is 11.8. The average Bonchev–Trinajstić information content (AvgIpc) is 2.96. The van der Waals surface area contributed by atoms with E-state index in [1.54, 1.807) is 38.1 Å². The van der Waals surface area contributed by atoms with Gasteiger partial charge in [0.2, 0.25) is 5.95 Å². The third-order valence-electron chi connectivity index (χ3n) is 8.00. The smallest absolute Gasteiger partial charge is 0.229 e. The lowest BCUT2D eigenvalue weighted by molar-refractivity contribution is 0.146. The fourth-order valence-corrected chi connectivity index (χ4v) is 6.94. The number of halogens is 1. The van der Waals surface area contributed by atoms with Crippen LogP contribution in [0.1, 0.15) is 70.4 Å². The number of benzene rings is 2. The first-order valence-corrected chi connectivity index (χ1v) is 16.8. The Balaban J connectivity index is 1.60. The quantitative estimate of drug-likeness (QED) is 0.198. The normalized spacial score (nSPS) is 17.5. The topological polar surface area (TPSA) is 117 Å². The number of aryl methyl sites for hydroxylation is 1. The van der Waals surface area contributed by atoms with Gasteiger partial charge in [0.25, 0.3) is 0 Å². The Labute approximate surface area is 261 Å². The van der Waals surface area contributed by atoms with Crippen LogP contribution in [0.4, 0.5) is 23.1 Å². The molecule has 1 fully saturated rings. The van der Waals surface area contributed by atoms with Crippen molar-refractivity contribution >= 4 is 44.6 Å². The SMILES string of the molecule is Cc1cc(Nc2ncc(Cl)c(Nc3ccccc3S(=O)(=O)C(C)C)n2)c(OC(C)C)cc1[C@H]1CC[C@H](N(C)CCO)CC1. The number of ether oxygens (including phenoxy) is 1. The maximum Gasteiger partial charge on any atom is 0.229 e. The third kappa shape index (κ3) is 7.98. The summed E-state index contributed by atoms with van der Waals surface area (Å²) in [6.45, 7) is 10.3. The Hall–Kier alpha value is -2.92. The molecule has 0 aliphatic heterocycles. The summed E-state index contributed by atoms with van der Waals surface area (Å²) in [7, 11) is -1.45. The van der Waals surface area contributed by atoms with E-state index in [1.807, 2.05) is 13.8 Å². The summed E-state index contributed by atoms with van der Waals surface area (Å²) >= 11 is 6.45. The highest BCUT2D eigenvalue weighted by Crippen LogP contribution is 2.41. The maximum atomic E-state index is 13.0. The first kappa shape index (κ1) is 33.0. The van der Waals surface area contributed by atoms with Crippen LogP contribution in [0, 0.1) is 6.92 Å². The van der Waals surface area contributed by atoms with Crippen molar-refractivity contribution < 1.29 is 18.3 Å². The number of aliphatic hydroxyl groups excluding tert-OH is 1. The molecule has 3 aromatic rings. The molecule has 1 aromatic heterocycles. The molecule has 2 aromatic carbocycles. The molecule has 0 saturated heterocycles. The molecule has 0 amide bonds. The largest absolute Gasteiger partial charge is 0.489 e. The van der Waals surface area contributed by atoms with E-state index in [-0.39, 0.29) is 28.4 Å². The van der Waals surface area contributed by atoms with Crippen molar-refractivity contribution in [1.29, 1.82) is 0 Å². The lowest BCUT2D eigenvalue weighted by Crippen LogP contribution is -2.36. The zero-order chi connectivity index (χ0) is 31.3. The Kier molecular flexibility index (Phi) is 10.9. The van der Waals surface area contributed by atoms with Crippen LogP contribution in [0.3, 0.4) is 0 Å². The molecular formula is C32H44ClN5O4S. The number of aromatic nitrogens is 2. The van der Waals surface area contributed by atoms with E-state index >= 15 is 0 Å². The van der Waals surface area contributed by atoms with Crippen molar-refractivity contribution in [3.63, 3.8) is 0 Å². The number of nitrogens with one attached hydrogen (secondary N) is 2. The molecule has 43 heavy (non-hydrogen) atoms. The molecule has 1 heterocycles.